The lowest BCUT2D eigenvalue weighted by Crippen LogP contribution is -2.14. The van der Waals surface area contributed by atoms with Crippen molar-refractivity contribution in [2.75, 3.05) is 12.3 Å². The number of benzene rings is 1. The number of aromatic hydroxyl groups is 1. The number of nitrogens with two attached hydrogens (primary N) is 2. The van der Waals surface area contributed by atoms with Crippen molar-refractivity contribution in [2.45, 2.75) is 6.04 Å². The zero-order valence-corrected chi connectivity index (χ0v) is 6.57. The second-order valence-electron chi connectivity index (χ2n) is 2.61. The number of aliphatic hydroxyl groups excluding tert-OH is 1. The molecule has 0 aliphatic rings. The summed E-state index contributed by atoms with van der Waals surface area (Å²) in [5.74, 6) is 0.0314. The minimum atomic E-state index is -0.437. The van der Waals surface area contributed by atoms with Crippen molar-refractivity contribution in [3.63, 3.8) is 0 Å². The van der Waals surface area contributed by atoms with Crippen LogP contribution < -0.4 is 11.5 Å². The summed E-state index contributed by atoms with van der Waals surface area (Å²) in [6.45, 7) is -0.135. The molecule has 0 amide bonds. The van der Waals surface area contributed by atoms with Crippen molar-refractivity contribution >= 4 is 5.69 Å². The van der Waals surface area contributed by atoms with Gasteiger partial charge in [-0.1, -0.05) is 6.07 Å². The first kappa shape index (κ1) is 8.83. The molecule has 0 aromatic heterocycles. The Hall–Kier alpha value is -1.26. The number of phenolic OH excluding ortho intramolecular Hbond substituents is 1. The molecule has 0 heterocycles. The van der Waals surface area contributed by atoms with Crippen LogP contribution in [0.2, 0.25) is 0 Å². The maximum absolute atomic E-state index is 9.07. The van der Waals surface area contributed by atoms with Crippen LogP contribution in [0.15, 0.2) is 18.2 Å². The molecule has 66 valence electrons. The molecule has 0 radical (unpaired) electrons. The van der Waals surface area contributed by atoms with Gasteiger partial charge in [0.05, 0.1) is 18.3 Å². The van der Waals surface area contributed by atoms with Gasteiger partial charge in [-0.15, -0.1) is 0 Å². The number of hydrogen-bond donors (Lipinski definition) is 4. The summed E-state index contributed by atoms with van der Waals surface area (Å²) in [4.78, 5) is 0. The van der Waals surface area contributed by atoms with E-state index in [2.05, 4.69) is 0 Å². The van der Waals surface area contributed by atoms with E-state index in [-0.39, 0.29) is 18.0 Å². The van der Waals surface area contributed by atoms with Crippen LogP contribution in [-0.4, -0.2) is 16.8 Å². The smallest absolute Gasteiger partial charge is 0.138 e. The van der Waals surface area contributed by atoms with E-state index in [0.717, 1.165) is 0 Å². The molecule has 1 atom stereocenters. The molecule has 0 aliphatic carbocycles. The lowest BCUT2D eigenvalue weighted by atomic mass is 10.1. The van der Waals surface area contributed by atoms with Crippen LogP contribution in [0.5, 0.6) is 5.75 Å². The SMILES string of the molecule is Nc1cc(C(N)CO)ccc1O. The van der Waals surface area contributed by atoms with Crippen molar-refractivity contribution in [1.29, 1.82) is 0 Å². The normalized spacial score (nSPS) is 12.8. The molecule has 12 heavy (non-hydrogen) atoms. The Morgan fingerprint density at radius 3 is 2.58 bits per heavy atom. The summed E-state index contributed by atoms with van der Waals surface area (Å²) in [6, 6.07) is 4.20. The molecule has 0 spiro atoms. The van der Waals surface area contributed by atoms with Gasteiger partial charge in [-0.2, -0.15) is 0 Å². The van der Waals surface area contributed by atoms with Gasteiger partial charge in [-0.3, -0.25) is 0 Å². The number of hydrogen-bond acceptors (Lipinski definition) is 4. The van der Waals surface area contributed by atoms with Crippen LogP contribution in [0.4, 0.5) is 5.69 Å². The van der Waals surface area contributed by atoms with Crippen LogP contribution in [0, 0.1) is 0 Å². The Morgan fingerprint density at radius 1 is 1.42 bits per heavy atom. The van der Waals surface area contributed by atoms with E-state index in [1.165, 1.54) is 6.07 Å². The minimum Gasteiger partial charge on any atom is -0.506 e. The first-order chi connectivity index (χ1) is 5.65. The molecule has 1 rings (SSSR count). The number of phenols is 1. The monoisotopic (exact) mass is 168 g/mol. The summed E-state index contributed by atoms with van der Waals surface area (Å²) < 4.78 is 0. The van der Waals surface area contributed by atoms with E-state index in [0.29, 0.717) is 5.56 Å². The first-order valence-corrected chi connectivity index (χ1v) is 3.60. The molecular formula is C8H12N2O2. The Kier molecular flexibility index (Phi) is 2.52. The molecule has 1 aromatic rings. The molecule has 4 nitrogen and oxygen atoms in total. The highest BCUT2D eigenvalue weighted by Gasteiger charge is 2.05. The predicted molar refractivity (Wildman–Crippen MR) is 46.5 cm³/mol. The van der Waals surface area contributed by atoms with Crippen LogP contribution in [0.3, 0.4) is 0 Å². The Labute approximate surface area is 70.4 Å². The third kappa shape index (κ3) is 1.66. The number of anilines is 1. The van der Waals surface area contributed by atoms with Crippen LogP contribution in [-0.2, 0) is 0 Å². The second-order valence-corrected chi connectivity index (χ2v) is 2.61. The maximum Gasteiger partial charge on any atom is 0.138 e. The van der Waals surface area contributed by atoms with Crippen LogP contribution >= 0.6 is 0 Å². The van der Waals surface area contributed by atoms with E-state index in [9.17, 15) is 0 Å². The first-order valence-electron chi connectivity index (χ1n) is 3.60. The van der Waals surface area contributed by atoms with Gasteiger partial charge in [-0.05, 0) is 17.7 Å². The van der Waals surface area contributed by atoms with Crippen molar-refractivity contribution in [2.24, 2.45) is 5.73 Å². The predicted octanol–water partition coefficient (Wildman–Crippen LogP) is -0.0335. The van der Waals surface area contributed by atoms with Crippen molar-refractivity contribution in [3.05, 3.63) is 23.8 Å². The largest absolute Gasteiger partial charge is 0.506 e. The van der Waals surface area contributed by atoms with Crippen LogP contribution in [0.25, 0.3) is 0 Å². The Bertz CT molecular complexity index is 276. The van der Waals surface area contributed by atoms with Gasteiger partial charge in [0, 0.05) is 0 Å². The number of rotatable bonds is 2. The zero-order valence-electron chi connectivity index (χ0n) is 6.57. The molecule has 6 N–H and O–H groups in total. The summed E-state index contributed by atoms with van der Waals surface area (Å²) in [5, 5.41) is 17.8. The van der Waals surface area contributed by atoms with E-state index in [1.54, 1.807) is 12.1 Å². The topological polar surface area (TPSA) is 92.5 Å². The van der Waals surface area contributed by atoms with Crippen molar-refractivity contribution in [3.8, 4) is 5.75 Å². The van der Waals surface area contributed by atoms with Crippen molar-refractivity contribution in [1.82, 2.24) is 0 Å². The molecule has 0 aliphatic heterocycles. The molecule has 1 unspecified atom stereocenters. The fourth-order valence-electron chi connectivity index (χ4n) is 0.909. The van der Waals surface area contributed by atoms with Gasteiger partial charge < -0.3 is 21.7 Å². The van der Waals surface area contributed by atoms with Gasteiger partial charge >= 0.3 is 0 Å². The highest BCUT2D eigenvalue weighted by atomic mass is 16.3. The average Bonchev–Trinajstić information content (AvgIpc) is 2.08. The molecule has 0 bridgehead atoms. The van der Waals surface area contributed by atoms with Crippen LogP contribution in [0.1, 0.15) is 11.6 Å². The lowest BCUT2D eigenvalue weighted by Gasteiger charge is -2.09. The van der Waals surface area contributed by atoms with E-state index < -0.39 is 6.04 Å². The maximum atomic E-state index is 9.07. The molecule has 0 fully saturated rings. The summed E-state index contributed by atoms with van der Waals surface area (Å²) in [5.41, 5.74) is 11.9. The third-order valence-electron chi connectivity index (χ3n) is 1.68. The second kappa shape index (κ2) is 3.42. The van der Waals surface area contributed by atoms with Gasteiger partial charge in [0.1, 0.15) is 5.75 Å². The molecule has 0 saturated carbocycles. The quantitative estimate of drug-likeness (QED) is 0.368. The summed E-state index contributed by atoms with van der Waals surface area (Å²) in [6.07, 6.45) is 0. The Morgan fingerprint density at radius 2 is 2.08 bits per heavy atom. The van der Waals surface area contributed by atoms with Gasteiger partial charge in [-0.25, -0.2) is 0 Å². The fraction of sp³-hybridized carbons (Fsp3) is 0.250. The Balaban J connectivity index is 2.96. The molecule has 1 aromatic carbocycles. The van der Waals surface area contributed by atoms with E-state index in [4.69, 9.17) is 21.7 Å². The van der Waals surface area contributed by atoms with Crippen molar-refractivity contribution < 1.29 is 10.2 Å². The highest BCUT2D eigenvalue weighted by molar-refractivity contribution is 5.53. The van der Waals surface area contributed by atoms with Gasteiger partial charge in [0.2, 0.25) is 0 Å². The van der Waals surface area contributed by atoms with E-state index >= 15 is 0 Å². The highest BCUT2D eigenvalue weighted by Crippen LogP contribution is 2.22. The molecule has 4 heteroatoms. The summed E-state index contributed by atoms with van der Waals surface area (Å²) >= 11 is 0. The average molecular weight is 168 g/mol. The number of nitrogen functional groups attached to an aromatic ring is 1. The fourth-order valence-corrected chi connectivity index (χ4v) is 0.909. The standard InChI is InChI=1S/C8H12N2O2/c9-6-3-5(7(10)4-11)1-2-8(6)12/h1-3,7,11-12H,4,9-10H2. The molecule has 0 saturated heterocycles. The zero-order chi connectivity index (χ0) is 9.14. The minimum absolute atomic E-state index is 0.0314. The van der Waals surface area contributed by atoms with Gasteiger partial charge in [0.25, 0.3) is 0 Å². The lowest BCUT2D eigenvalue weighted by molar-refractivity contribution is 0.268. The molecular weight excluding hydrogens is 156 g/mol. The van der Waals surface area contributed by atoms with E-state index in [1.807, 2.05) is 0 Å². The summed E-state index contributed by atoms with van der Waals surface area (Å²) in [7, 11) is 0. The number of aliphatic hydroxyl groups is 1. The third-order valence-corrected chi connectivity index (χ3v) is 1.68. The van der Waals surface area contributed by atoms with Gasteiger partial charge in [0.15, 0.2) is 0 Å².